The van der Waals surface area contributed by atoms with Gasteiger partial charge in [-0.05, 0) is 50.4 Å². The molecule has 2 rings (SSSR count). The molecule has 0 bridgehead atoms. The average Bonchev–Trinajstić information content (AvgIpc) is 2.46. The van der Waals surface area contributed by atoms with Crippen LogP contribution >= 0.6 is 27.5 Å². The maximum absolute atomic E-state index is 10.3. The Bertz CT molecular complexity index is 452. The van der Waals surface area contributed by atoms with E-state index >= 15 is 0 Å². The third kappa shape index (κ3) is 5.53. The molecule has 1 aromatic carbocycles. The number of rotatable bonds is 6. The number of aliphatic hydroxyl groups is 1. The molecule has 5 heteroatoms. The number of halogens is 2. The van der Waals surface area contributed by atoms with E-state index < -0.39 is 6.10 Å². The van der Waals surface area contributed by atoms with E-state index in [-0.39, 0.29) is 0 Å². The van der Waals surface area contributed by atoms with E-state index in [0.717, 1.165) is 36.2 Å². The zero-order chi connectivity index (χ0) is 15.2. The van der Waals surface area contributed by atoms with Crippen LogP contribution in [-0.4, -0.2) is 42.9 Å². The van der Waals surface area contributed by atoms with Crippen molar-refractivity contribution in [1.29, 1.82) is 0 Å². The normalized spacial score (nSPS) is 20.7. The highest BCUT2D eigenvalue weighted by Gasteiger charge is 2.17. The van der Waals surface area contributed by atoms with Crippen LogP contribution in [0.5, 0.6) is 0 Å². The molecule has 1 fully saturated rings. The Morgan fingerprint density at radius 1 is 1.48 bits per heavy atom. The summed E-state index contributed by atoms with van der Waals surface area (Å²) < 4.78 is 6.67. The lowest BCUT2D eigenvalue weighted by Crippen LogP contribution is -2.34. The number of hydrogen-bond donors (Lipinski definition) is 1. The highest BCUT2D eigenvalue weighted by molar-refractivity contribution is 9.10. The summed E-state index contributed by atoms with van der Waals surface area (Å²) in [7, 11) is 2.08. The molecule has 1 aromatic rings. The fraction of sp³-hybridized carbons (Fsp3) is 0.625. The van der Waals surface area contributed by atoms with Crippen LogP contribution in [0, 0.1) is 0 Å². The first kappa shape index (κ1) is 17.2. The minimum absolute atomic E-state index is 0.345. The topological polar surface area (TPSA) is 32.7 Å². The van der Waals surface area contributed by atoms with E-state index in [1.165, 1.54) is 12.8 Å². The first-order chi connectivity index (χ1) is 10.1. The summed E-state index contributed by atoms with van der Waals surface area (Å²) in [5, 5.41) is 10.9. The maximum atomic E-state index is 10.3. The maximum Gasteiger partial charge on any atom is 0.0816 e. The zero-order valence-electron chi connectivity index (χ0n) is 12.4. The van der Waals surface area contributed by atoms with Gasteiger partial charge in [-0.15, -0.1) is 0 Å². The molecular weight excluding hydrogens is 354 g/mol. The Hall–Kier alpha value is -0.130. The molecule has 0 radical (unpaired) electrons. The number of nitrogens with zero attached hydrogens (tertiary/aromatic N) is 1. The van der Waals surface area contributed by atoms with Gasteiger partial charge in [0, 0.05) is 29.2 Å². The molecule has 0 amide bonds. The van der Waals surface area contributed by atoms with Gasteiger partial charge in [0.05, 0.1) is 12.2 Å². The second-order valence-corrected chi connectivity index (χ2v) is 7.04. The molecule has 1 saturated heterocycles. The average molecular weight is 377 g/mol. The number of hydrogen-bond acceptors (Lipinski definition) is 3. The molecule has 118 valence electrons. The van der Waals surface area contributed by atoms with Crippen molar-refractivity contribution in [2.45, 2.75) is 37.9 Å². The fourth-order valence-electron chi connectivity index (χ4n) is 2.66. The van der Waals surface area contributed by atoms with Crippen molar-refractivity contribution in [2.24, 2.45) is 0 Å². The number of likely N-dealkylation sites (N-methyl/N-ethyl adjacent to an activating group) is 1. The molecule has 1 heterocycles. The molecule has 0 spiro atoms. The summed E-state index contributed by atoms with van der Waals surface area (Å²) >= 11 is 9.55. The summed E-state index contributed by atoms with van der Waals surface area (Å²) in [4.78, 5) is 2.23. The predicted octanol–water partition coefficient (Wildman–Crippen LogP) is 4.03. The van der Waals surface area contributed by atoms with Crippen molar-refractivity contribution < 1.29 is 9.84 Å². The van der Waals surface area contributed by atoms with Crippen LogP contribution in [0.4, 0.5) is 0 Å². The van der Waals surface area contributed by atoms with Gasteiger partial charge in [0.2, 0.25) is 0 Å². The molecule has 0 aromatic heterocycles. The van der Waals surface area contributed by atoms with Crippen molar-refractivity contribution >= 4 is 27.5 Å². The summed E-state index contributed by atoms with van der Waals surface area (Å²) in [5.74, 6) is 0. The molecular formula is C16H23BrClNO2. The first-order valence-corrected chi connectivity index (χ1v) is 8.66. The SMILES string of the molecule is CN(CCC(O)c1ccc(Br)cc1Cl)CC1CCCCO1. The minimum atomic E-state index is -0.527. The van der Waals surface area contributed by atoms with Gasteiger partial charge < -0.3 is 14.7 Å². The van der Waals surface area contributed by atoms with E-state index in [4.69, 9.17) is 16.3 Å². The Kier molecular flexibility index (Phi) is 6.96. The lowest BCUT2D eigenvalue weighted by atomic mass is 10.1. The Balaban J connectivity index is 1.78. The van der Waals surface area contributed by atoms with Crippen molar-refractivity contribution in [2.75, 3.05) is 26.7 Å². The Morgan fingerprint density at radius 2 is 2.29 bits per heavy atom. The lowest BCUT2D eigenvalue weighted by Gasteiger charge is -2.28. The molecule has 2 unspecified atom stereocenters. The van der Waals surface area contributed by atoms with Crippen LogP contribution in [0.15, 0.2) is 22.7 Å². The van der Waals surface area contributed by atoms with E-state index in [2.05, 4.69) is 27.9 Å². The lowest BCUT2D eigenvalue weighted by molar-refractivity contribution is -0.00327. The zero-order valence-corrected chi connectivity index (χ0v) is 14.7. The standard InChI is InChI=1S/C16H23BrClNO2/c1-19(11-13-4-2-3-9-21-13)8-7-16(20)14-6-5-12(17)10-15(14)18/h5-6,10,13,16,20H,2-4,7-9,11H2,1H3. The van der Waals surface area contributed by atoms with Gasteiger partial charge in [0.1, 0.15) is 0 Å². The quantitative estimate of drug-likeness (QED) is 0.813. The second-order valence-electron chi connectivity index (χ2n) is 5.72. The van der Waals surface area contributed by atoms with Crippen LogP contribution in [-0.2, 0) is 4.74 Å². The fourth-order valence-corrected chi connectivity index (χ4v) is 3.46. The van der Waals surface area contributed by atoms with Gasteiger partial charge in [0.25, 0.3) is 0 Å². The van der Waals surface area contributed by atoms with Crippen LogP contribution in [0.2, 0.25) is 5.02 Å². The van der Waals surface area contributed by atoms with Gasteiger partial charge in [0.15, 0.2) is 0 Å². The summed E-state index contributed by atoms with van der Waals surface area (Å²) in [5.41, 5.74) is 0.794. The number of aliphatic hydroxyl groups excluding tert-OH is 1. The third-order valence-electron chi connectivity index (χ3n) is 3.90. The molecule has 0 saturated carbocycles. The third-order valence-corrected chi connectivity index (χ3v) is 4.72. The van der Waals surface area contributed by atoms with Crippen molar-refractivity contribution in [3.8, 4) is 0 Å². The van der Waals surface area contributed by atoms with Crippen LogP contribution < -0.4 is 0 Å². The molecule has 1 N–H and O–H groups in total. The van der Waals surface area contributed by atoms with E-state index in [0.29, 0.717) is 17.5 Å². The van der Waals surface area contributed by atoms with E-state index in [9.17, 15) is 5.11 Å². The largest absolute Gasteiger partial charge is 0.388 e. The molecule has 0 aliphatic carbocycles. The number of ether oxygens (including phenoxy) is 1. The second kappa shape index (κ2) is 8.49. The highest BCUT2D eigenvalue weighted by atomic mass is 79.9. The van der Waals surface area contributed by atoms with Gasteiger partial charge in [-0.25, -0.2) is 0 Å². The van der Waals surface area contributed by atoms with Gasteiger partial charge in [-0.3, -0.25) is 0 Å². The van der Waals surface area contributed by atoms with E-state index in [1.54, 1.807) is 0 Å². The molecule has 1 aliphatic rings. The van der Waals surface area contributed by atoms with E-state index in [1.807, 2.05) is 18.2 Å². The van der Waals surface area contributed by atoms with Crippen LogP contribution in [0.3, 0.4) is 0 Å². The van der Waals surface area contributed by atoms with Crippen LogP contribution in [0.25, 0.3) is 0 Å². The van der Waals surface area contributed by atoms with Crippen molar-refractivity contribution in [1.82, 2.24) is 4.90 Å². The highest BCUT2D eigenvalue weighted by Crippen LogP contribution is 2.28. The molecule has 2 atom stereocenters. The summed E-state index contributed by atoms with van der Waals surface area (Å²) in [6, 6.07) is 5.60. The Labute approximate surface area is 140 Å². The summed E-state index contributed by atoms with van der Waals surface area (Å²) in [6.45, 7) is 2.64. The molecule has 21 heavy (non-hydrogen) atoms. The summed E-state index contributed by atoms with van der Waals surface area (Å²) in [6.07, 6.45) is 4.07. The molecule has 3 nitrogen and oxygen atoms in total. The molecule has 1 aliphatic heterocycles. The van der Waals surface area contributed by atoms with Gasteiger partial charge in [-0.1, -0.05) is 33.6 Å². The van der Waals surface area contributed by atoms with Crippen molar-refractivity contribution in [3.05, 3.63) is 33.3 Å². The van der Waals surface area contributed by atoms with Crippen LogP contribution in [0.1, 0.15) is 37.4 Å². The number of benzene rings is 1. The minimum Gasteiger partial charge on any atom is -0.388 e. The predicted molar refractivity (Wildman–Crippen MR) is 89.8 cm³/mol. The van der Waals surface area contributed by atoms with Crippen molar-refractivity contribution in [3.63, 3.8) is 0 Å². The van der Waals surface area contributed by atoms with Gasteiger partial charge in [-0.2, -0.15) is 0 Å². The smallest absolute Gasteiger partial charge is 0.0816 e. The van der Waals surface area contributed by atoms with Gasteiger partial charge >= 0.3 is 0 Å². The first-order valence-electron chi connectivity index (χ1n) is 7.49. The monoisotopic (exact) mass is 375 g/mol. The Morgan fingerprint density at radius 3 is 2.95 bits per heavy atom.